The molecule has 1 saturated heterocycles. The number of nitrogens with zero attached hydrogens (tertiary/aromatic N) is 1. The molecule has 0 N–H and O–H groups in total. The van der Waals surface area contributed by atoms with Gasteiger partial charge in [-0.3, -0.25) is 9.59 Å². The summed E-state index contributed by atoms with van der Waals surface area (Å²) < 4.78 is 5.11. The molecule has 0 spiro atoms. The summed E-state index contributed by atoms with van der Waals surface area (Å²) in [7, 11) is 0. The number of Topliss-reactive ketones (excluding diaryl/α,β-unsaturated/α-hetero) is 1. The van der Waals surface area contributed by atoms with E-state index >= 15 is 0 Å². The van der Waals surface area contributed by atoms with Crippen LogP contribution in [0.4, 0.5) is 4.79 Å². The van der Waals surface area contributed by atoms with E-state index in [-0.39, 0.29) is 18.2 Å². The molecule has 0 aromatic heterocycles. The first-order valence-corrected chi connectivity index (χ1v) is 6.27. The Morgan fingerprint density at radius 1 is 1.41 bits per heavy atom. The lowest BCUT2D eigenvalue weighted by Gasteiger charge is -2.32. The number of piperidine rings is 1. The van der Waals surface area contributed by atoms with Gasteiger partial charge in [0.1, 0.15) is 5.60 Å². The zero-order chi connectivity index (χ0) is 13.4. The van der Waals surface area contributed by atoms with Gasteiger partial charge in [0, 0.05) is 12.5 Å². The Hall–Kier alpha value is -0.910. The maximum Gasteiger partial charge on any atom is 0.417 e. The molecule has 17 heavy (non-hydrogen) atoms. The molecule has 1 heterocycles. The van der Waals surface area contributed by atoms with Crippen LogP contribution in [0.1, 0.15) is 27.7 Å². The number of rotatable bonds is 0. The van der Waals surface area contributed by atoms with Crippen molar-refractivity contribution in [2.75, 3.05) is 6.54 Å². The van der Waals surface area contributed by atoms with Gasteiger partial charge < -0.3 is 4.74 Å². The van der Waals surface area contributed by atoms with E-state index in [9.17, 15) is 14.4 Å². The molecule has 0 saturated carbocycles. The summed E-state index contributed by atoms with van der Waals surface area (Å²) in [6, 6.07) is 0. The van der Waals surface area contributed by atoms with Gasteiger partial charge in [-0.05, 0) is 20.8 Å². The van der Waals surface area contributed by atoms with E-state index < -0.39 is 22.4 Å². The van der Waals surface area contributed by atoms with Crippen LogP contribution in [0.15, 0.2) is 0 Å². The SMILES string of the molecule is C[C@@H]1CN(C(=O)OC(C)(C)C)C(=O)C(Br)C1=O. The number of carbonyl (C=O) groups excluding carboxylic acids is 3. The Morgan fingerprint density at radius 3 is 2.41 bits per heavy atom. The fourth-order valence-corrected chi connectivity index (χ4v) is 2.14. The summed E-state index contributed by atoms with van der Waals surface area (Å²) in [6.07, 6.45) is -0.702. The van der Waals surface area contributed by atoms with Gasteiger partial charge in [-0.1, -0.05) is 22.9 Å². The van der Waals surface area contributed by atoms with Gasteiger partial charge in [-0.2, -0.15) is 0 Å². The molecule has 1 aliphatic rings. The van der Waals surface area contributed by atoms with Gasteiger partial charge in [0.25, 0.3) is 5.91 Å². The van der Waals surface area contributed by atoms with Crippen molar-refractivity contribution in [3.8, 4) is 0 Å². The third-order valence-electron chi connectivity index (χ3n) is 2.29. The van der Waals surface area contributed by atoms with Crippen molar-refractivity contribution in [2.45, 2.75) is 38.1 Å². The Bertz CT molecular complexity index is 361. The minimum atomic E-state index is -0.946. The number of hydrogen-bond donors (Lipinski definition) is 0. The molecule has 96 valence electrons. The normalized spacial score (nSPS) is 26.1. The van der Waals surface area contributed by atoms with Crippen molar-refractivity contribution in [1.82, 2.24) is 4.90 Å². The first-order valence-electron chi connectivity index (χ1n) is 5.35. The zero-order valence-corrected chi connectivity index (χ0v) is 11.9. The van der Waals surface area contributed by atoms with E-state index in [4.69, 9.17) is 4.74 Å². The fourth-order valence-electron chi connectivity index (χ4n) is 1.44. The molecule has 1 aliphatic heterocycles. The Labute approximate surface area is 109 Å². The molecule has 5 nitrogen and oxygen atoms in total. The van der Waals surface area contributed by atoms with E-state index in [1.54, 1.807) is 27.7 Å². The number of likely N-dealkylation sites (tertiary alicyclic amines) is 1. The van der Waals surface area contributed by atoms with E-state index in [0.717, 1.165) is 4.90 Å². The maximum absolute atomic E-state index is 11.8. The second-order valence-corrected chi connectivity index (χ2v) is 6.01. The topological polar surface area (TPSA) is 63.7 Å². The number of imide groups is 1. The predicted molar refractivity (Wildman–Crippen MR) is 64.8 cm³/mol. The minimum Gasteiger partial charge on any atom is -0.443 e. The molecule has 2 amide bonds. The predicted octanol–water partition coefficient (Wildman–Crippen LogP) is 1.73. The number of ether oxygens (including phenoxy) is 1. The Morgan fingerprint density at radius 2 is 1.94 bits per heavy atom. The molecular weight excluding hydrogens is 290 g/mol. The quantitative estimate of drug-likeness (QED) is 0.505. The molecule has 6 heteroatoms. The van der Waals surface area contributed by atoms with Gasteiger partial charge in [-0.25, -0.2) is 9.69 Å². The largest absolute Gasteiger partial charge is 0.443 e. The summed E-state index contributed by atoms with van der Waals surface area (Å²) in [5.74, 6) is -1.12. The Kier molecular flexibility index (Phi) is 3.96. The molecule has 1 fully saturated rings. The van der Waals surface area contributed by atoms with Crippen LogP contribution >= 0.6 is 15.9 Å². The van der Waals surface area contributed by atoms with Crippen LogP contribution in [0, 0.1) is 5.92 Å². The molecular formula is C11H16BrNO4. The molecule has 0 bridgehead atoms. The van der Waals surface area contributed by atoms with Gasteiger partial charge in [0.15, 0.2) is 10.6 Å². The second kappa shape index (κ2) is 4.76. The first kappa shape index (κ1) is 14.2. The van der Waals surface area contributed by atoms with E-state index in [1.807, 2.05) is 0 Å². The standard InChI is InChI=1S/C11H16BrNO4/c1-6-5-13(9(15)7(12)8(6)14)10(16)17-11(2,3)4/h6-7H,5H2,1-4H3/t6-,7?/m1/s1. The van der Waals surface area contributed by atoms with Crippen molar-refractivity contribution >= 4 is 33.7 Å². The van der Waals surface area contributed by atoms with E-state index in [2.05, 4.69) is 15.9 Å². The van der Waals surface area contributed by atoms with Crippen LogP contribution in [-0.4, -0.2) is 39.7 Å². The highest BCUT2D eigenvalue weighted by Crippen LogP contribution is 2.22. The van der Waals surface area contributed by atoms with E-state index in [1.165, 1.54) is 0 Å². The number of ketones is 1. The van der Waals surface area contributed by atoms with E-state index in [0.29, 0.717) is 0 Å². The fraction of sp³-hybridized carbons (Fsp3) is 0.727. The average Bonchev–Trinajstić information content (AvgIpc) is 2.17. The number of amides is 2. The van der Waals surface area contributed by atoms with Crippen molar-refractivity contribution in [3.63, 3.8) is 0 Å². The van der Waals surface area contributed by atoms with Crippen LogP contribution in [0.25, 0.3) is 0 Å². The summed E-state index contributed by atoms with van der Waals surface area (Å²) in [4.78, 5) is 35.1. The number of carbonyl (C=O) groups is 3. The molecule has 1 rings (SSSR count). The van der Waals surface area contributed by atoms with Crippen molar-refractivity contribution in [1.29, 1.82) is 0 Å². The zero-order valence-electron chi connectivity index (χ0n) is 10.3. The highest BCUT2D eigenvalue weighted by Gasteiger charge is 2.42. The smallest absolute Gasteiger partial charge is 0.417 e. The monoisotopic (exact) mass is 305 g/mol. The summed E-state index contributed by atoms with van der Waals surface area (Å²) in [5.41, 5.74) is -0.663. The van der Waals surface area contributed by atoms with Gasteiger partial charge in [0.2, 0.25) is 0 Å². The van der Waals surface area contributed by atoms with Crippen LogP contribution in [0.3, 0.4) is 0 Å². The van der Waals surface area contributed by atoms with Crippen LogP contribution in [0.5, 0.6) is 0 Å². The maximum atomic E-state index is 11.8. The first-order chi connectivity index (χ1) is 7.63. The molecule has 1 unspecified atom stereocenters. The Balaban J connectivity index is 2.81. The van der Waals surface area contributed by atoms with Crippen molar-refractivity contribution < 1.29 is 19.1 Å². The molecule has 2 atom stereocenters. The van der Waals surface area contributed by atoms with Gasteiger partial charge >= 0.3 is 6.09 Å². The average molecular weight is 306 g/mol. The van der Waals surface area contributed by atoms with Crippen molar-refractivity contribution in [3.05, 3.63) is 0 Å². The highest BCUT2D eigenvalue weighted by atomic mass is 79.9. The molecule has 0 aromatic carbocycles. The van der Waals surface area contributed by atoms with Crippen LogP contribution in [0.2, 0.25) is 0 Å². The summed E-state index contributed by atoms with van der Waals surface area (Å²) in [6.45, 7) is 6.92. The summed E-state index contributed by atoms with van der Waals surface area (Å²) in [5, 5.41) is 0. The lowest BCUT2D eigenvalue weighted by atomic mass is 9.98. The van der Waals surface area contributed by atoms with Gasteiger partial charge in [-0.15, -0.1) is 0 Å². The summed E-state index contributed by atoms with van der Waals surface area (Å²) >= 11 is 3.00. The third-order valence-corrected chi connectivity index (χ3v) is 3.13. The molecule has 0 aliphatic carbocycles. The van der Waals surface area contributed by atoms with Gasteiger partial charge in [0.05, 0.1) is 0 Å². The number of alkyl halides is 1. The molecule has 0 aromatic rings. The van der Waals surface area contributed by atoms with Crippen LogP contribution < -0.4 is 0 Å². The second-order valence-electron chi connectivity index (χ2n) is 5.10. The number of halogens is 1. The van der Waals surface area contributed by atoms with Crippen molar-refractivity contribution in [2.24, 2.45) is 5.92 Å². The highest BCUT2D eigenvalue weighted by molar-refractivity contribution is 9.10. The minimum absolute atomic E-state index is 0.0781. The molecule has 0 radical (unpaired) electrons. The number of hydrogen-bond acceptors (Lipinski definition) is 4. The third kappa shape index (κ3) is 3.28. The lowest BCUT2D eigenvalue weighted by Crippen LogP contribution is -2.54. The lowest BCUT2D eigenvalue weighted by molar-refractivity contribution is -0.140. The van der Waals surface area contributed by atoms with Crippen LogP contribution in [-0.2, 0) is 14.3 Å².